The molecular formula is C17H18N4O4. The number of nitrogens with two attached hydrogens (primary N) is 1. The van der Waals surface area contributed by atoms with Gasteiger partial charge in [-0.25, -0.2) is 4.99 Å². The molecule has 1 saturated carbocycles. The topological polar surface area (TPSA) is 123 Å². The van der Waals surface area contributed by atoms with E-state index in [4.69, 9.17) is 24.7 Å². The van der Waals surface area contributed by atoms with Crippen LogP contribution >= 0.6 is 0 Å². The number of nitrogens with zero attached hydrogens (tertiary/aromatic N) is 3. The van der Waals surface area contributed by atoms with Gasteiger partial charge >= 0.3 is 0 Å². The fourth-order valence-corrected chi connectivity index (χ4v) is 4.05. The third-order valence-corrected chi connectivity index (χ3v) is 5.22. The molecule has 0 amide bonds. The maximum absolute atomic E-state index is 9.99. The van der Waals surface area contributed by atoms with E-state index in [1.54, 1.807) is 18.2 Å². The van der Waals surface area contributed by atoms with Crippen LogP contribution in [0.4, 0.5) is 0 Å². The first kappa shape index (κ1) is 17.0. The van der Waals surface area contributed by atoms with Gasteiger partial charge in [-0.15, -0.1) is 0 Å². The van der Waals surface area contributed by atoms with E-state index in [9.17, 15) is 10.5 Å². The Labute approximate surface area is 145 Å². The molecule has 2 N–H and O–H groups in total. The van der Waals surface area contributed by atoms with Crippen molar-refractivity contribution in [1.29, 1.82) is 10.5 Å². The first-order valence-corrected chi connectivity index (χ1v) is 7.49. The largest absolute Gasteiger partial charge is 0.493 e. The van der Waals surface area contributed by atoms with Crippen molar-refractivity contribution < 1.29 is 18.9 Å². The third kappa shape index (κ3) is 1.63. The number of hydrogen-bond donors (Lipinski definition) is 1. The number of benzene rings is 1. The van der Waals surface area contributed by atoms with Gasteiger partial charge in [-0.3, -0.25) is 0 Å². The van der Waals surface area contributed by atoms with Gasteiger partial charge in [0.15, 0.2) is 16.9 Å². The van der Waals surface area contributed by atoms with Crippen molar-refractivity contribution >= 4 is 5.84 Å². The van der Waals surface area contributed by atoms with Crippen LogP contribution in [0.2, 0.25) is 0 Å². The minimum Gasteiger partial charge on any atom is -0.493 e. The lowest BCUT2D eigenvalue weighted by molar-refractivity contribution is -0.230. The number of hydrogen-bond acceptors (Lipinski definition) is 8. The quantitative estimate of drug-likeness (QED) is 0.796. The zero-order valence-corrected chi connectivity index (χ0v) is 14.4. The van der Waals surface area contributed by atoms with Crippen molar-refractivity contribution in [3.63, 3.8) is 0 Å². The summed E-state index contributed by atoms with van der Waals surface area (Å²) >= 11 is 0. The molecule has 0 radical (unpaired) electrons. The third-order valence-electron chi connectivity index (χ3n) is 5.22. The summed E-state index contributed by atoms with van der Waals surface area (Å²) in [5.74, 6) is -1.16. The number of ether oxygens (including phenoxy) is 4. The fraction of sp³-hybridized carbons (Fsp3) is 0.471. The van der Waals surface area contributed by atoms with Crippen LogP contribution in [-0.2, 0) is 9.47 Å². The highest BCUT2D eigenvalue weighted by molar-refractivity contribution is 6.00. The van der Waals surface area contributed by atoms with E-state index in [2.05, 4.69) is 17.1 Å². The number of rotatable bonds is 5. The van der Waals surface area contributed by atoms with Gasteiger partial charge in [0.1, 0.15) is 11.3 Å². The number of amidine groups is 1. The van der Waals surface area contributed by atoms with Crippen LogP contribution in [0.1, 0.15) is 11.5 Å². The molecule has 0 spiro atoms. The Kier molecular flexibility index (Phi) is 3.64. The summed E-state index contributed by atoms with van der Waals surface area (Å²) in [6.07, 6.45) is 0. The molecule has 2 aliphatic rings. The van der Waals surface area contributed by atoms with Gasteiger partial charge in [0.25, 0.3) is 5.91 Å². The maximum atomic E-state index is 9.99. The van der Waals surface area contributed by atoms with Gasteiger partial charge in [-0.2, -0.15) is 10.5 Å². The summed E-state index contributed by atoms with van der Waals surface area (Å²) in [6, 6.07) is 9.60. The zero-order chi connectivity index (χ0) is 18.5. The van der Waals surface area contributed by atoms with E-state index in [0.717, 1.165) is 0 Å². The lowest BCUT2D eigenvalue weighted by Crippen LogP contribution is -2.41. The summed E-state index contributed by atoms with van der Waals surface area (Å²) in [6.45, 7) is 0. The molecule has 3 atom stereocenters. The molecule has 130 valence electrons. The summed E-state index contributed by atoms with van der Waals surface area (Å²) in [5.41, 5.74) is 4.05. The molecule has 1 aliphatic carbocycles. The first-order chi connectivity index (χ1) is 12.0. The number of aliphatic imine (C=N–C) groups is 1. The van der Waals surface area contributed by atoms with Gasteiger partial charge < -0.3 is 24.7 Å². The Morgan fingerprint density at radius 1 is 1.04 bits per heavy atom. The summed E-state index contributed by atoms with van der Waals surface area (Å²) in [5, 5.41) is 19.9. The van der Waals surface area contributed by atoms with Crippen LogP contribution in [0, 0.1) is 33.5 Å². The molecule has 1 aromatic carbocycles. The van der Waals surface area contributed by atoms with E-state index in [1.807, 2.05) is 0 Å². The van der Waals surface area contributed by atoms with E-state index in [-0.39, 0.29) is 5.84 Å². The van der Waals surface area contributed by atoms with E-state index >= 15 is 0 Å². The van der Waals surface area contributed by atoms with Crippen LogP contribution in [0.5, 0.6) is 11.5 Å². The molecule has 0 saturated heterocycles. The standard InChI is InChI=1S/C17H18N4O4/c1-22-11-6-5-10(7-12(11)23-2)13-15(8-18)14(20)21-17(24-3,25-4)16(13,15)9-19/h5-7,13H,1-4H3,(H2,20,21)/t13-,15+,16-/m1/s1. The molecule has 25 heavy (non-hydrogen) atoms. The Morgan fingerprint density at radius 2 is 1.68 bits per heavy atom. The highest BCUT2D eigenvalue weighted by Gasteiger charge is 2.93. The van der Waals surface area contributed by atoms with E-state index in [1.165, 1.54) is 28.4 Å². The monoisotopic (exact) mass is 342 g/mol. The van der Waals surface area contributed by atoms with Gasteiger partial charge in [-0.1, -0.05) is 6.07 Å². The van der Waals surface area contributed by atoms with Crippen molar-refractivity contribution in [2.45, 2.75) is 11.8 Å². The zero-order valence-electron chi connectivity index (χ0n) is 14.4. The molecule has 1 aliphatic heterocycles. The van der Waals surface area contributed by atoms with Crippen molar-refractivity contribution in [2.24, 2.45) is 21.6 Å². The van der Waals surface area contributed by atoms with Crippen molar-refractivity contribution in [3.8, 4) is 23.6 Å². The van der Waals surface area contributed by atoms with Crippen LogP contribution in [-0.4, -0.2) is 40.2 Å². The van der Waals surface area contributed by atoms with Gasteiger partial charge in [0.05, 0.1) is 26.4 Å². The second-order valence-electron chi connectivity index (χ2n) is 5.87. The Hall–Kier alpha value is -2.81. The normalized spacial score (nSPS) is 31.3. The average Bonchev–Trinajstić information content (AvgIpc) is 3.23. The van der Waals surface area contributed by atoms with Crippen molar-refractivity contribution in [1.82, 2.24) is 0 Å². The second kappa shape index (κ2) is 5.35. The smallest absolute Gasteiger partial charge is 0.292 e. The van der Waals surface area contributed by atoms with Crippen LogP contribution in [0.15, 0.2) is 23.2 Å². The highest BCUT2D eigenvalue weighted by Crippen LogP contribution is 2.81. The second-order valence-corrected chi connectivity index (χ2v) is 5.87. The molecule has 0 bridgehead atoms. The van der Waals surface area contributed by atoms with Crippen molar-refractivity contribution in [2.75, 3.05) is 28.4 Å². The number of nitriles is 2. The van der Waals surface area contributed by atoms with E-state index < -0.39 is 22.7 Å². The Morgan fingerprint density at radius 3 is 2.16 bits per heavy atom. The first-order valence-electron chi connectivity index (χ1n) is 7.49. The molecule has 3 rings (SSSR count). The van der Waals surface area contributed by atoms with Crippen LogP contribution < -0.4 is 15.2 Å². The average molecular weight is 342 g/mol. The maximum Gasteiger partial charge on any atom is 0.292 e. The fourth-order valence-electron chi connectivity index (χ4n) is 4.05. The van der Waals surface area contributed by atoms with Crippen LogP contribution in [0.3, 0.4) is 0 Å². The van der Waals surface area contributed by atoms with Gasteiger partial charge in [0, 0.05) is 20.1 Å². The molecule has 1 aromatic rings. The lowest BCUT2D eigenvalue weighted by atomic mass is 9.93. The number of fused-ring (bicyclic) bond motifs is 1. The Balaban J connectivity index is 2.21. The van der Waals surface area contributed by atoms with Gasteiger partial charge in [0.2, 0.25) is 0 Å². The Bertz CT molecular complexity index is 836. The minimum absolute atomic E-state index is 0.0278. The molecule has 0 aromatic heterocycles. The predicted molar refractivity (Wildman–Crippen MR) is 86.8 cm³/mol. The summed E-state index contributed by atoms with van der Waals surface area (Å²) in [4.78, 5) is 4.17. The van der Waals surface area contributed by atoms with Crippen molar-refractivity contribution in [3.05, 3.63) is 23.8 Å². The minimum atomic E-state index is -1.64. The summed E-state index contributed by atoms with van der Waals surface area (Å²) in [7, 11) is 5.79. The van der Waals surface area contributed by atoms with Crippen LogP contribution in [0.25, 0.3) is 0 Å². The molecule has 8 nitrogen and oxygen atoms in total. The molecule has 8 heteroatoms. The predicted octanol–water partition coefficient (Wildman–Crippen LogP) is 1.14. The lowest BCUT2D eigenvalue weighted by Gasteiger charge is -2.29. The molecule has 0 unspecified atom stereocenters. The molecule has 1 fully saturated rings. The highest BCUT2D eigenvalue weighted by atomic mass is 16.7. The molecular weight excluding hydrogens is 324 g/mol. The number of methoxy groups -OCH3 is 4. The SMILES string of the molecule is COc1ccc([C@H]2[C@@]3(C#N)C(OC)(OC)N=C(N)[C@]23C#N)cc1OC. The van der Waals surface area contributed by atoms with E-state index in [0.29, 0.717) is 17.1 Å². The summed E-state index contributed by atoms with van der Waals surface area (Å²) < 4.78 is 21.4. The molecule has 1 heterocycles. The van der Waals surface area contributed by atoms with Gasteiger partial charge in [-0.05, 0) is 17.7 Å².